The minimum atomic E-state index is 0.420. The van der Waals surface area contributed by atoms with Crippen LogP contribution >= 0.6 is 46.1 Å². The van der Waals surface area contributed by atoms with Crippen LogP contribution in [0.1, 0.15) is 23.7 Å². The second kappa shape index (κ2) is 5.77. The first kappa shape index (κ1) is 12.8. The number of nitrogens with zero attached hydrogens (tertiary/aromatic N) is 2. The van der Waals surface area contributed by atoms with Gasteiger partial charge in [0.1, 0.15) is 11.6 Å². The van der Waals surface area contributed by atoms with E-state index in [1.165, 1.54) is 11.5 Å². The molecule has 0 aliphatic carbocycles. The molecule has 0 aromatic carbocycles. The van der Waals surface area contributed by atoms with E-state index in [1.54, 1.807) is 0 Å². The fraction of sp³-hybridized carbons (Fsp3) is 0.600. The molecule has 2 heterocycles. The summed E-state index contributed by atoms with van der Waals surface area (Å²) in [6, 6.07) is 0. The number of halogens is 1. The van der Waals surface area contributed by atoms with Gasteiger partial charge >= 0.3 is 0 Å². The highest BCUT2D eigenvalue weighted by Crippen LogP contribution is 2.35. The summed E-state index contributed by atoms with van der Waals surface area (Å²) >= 11 is 6.15. The third-order valence-corrected chi connectivity index (χ3v) is 6.33. The van der Waals surface area contributed by atoms with Gasteiger partial charge in [-0.15, -0.1) is 11.8 Å². The number of nitrogen functional groups attached to an aromatic ring is 1. The van der Waals surface area contributed by atoms with Crippen molar-refractivity contribution in [2.24, 2.45) is 0 Å². The predicted octanol–water partition coefficient (Wildman–Crippen LogP) is 2.75. The third-order valence-electron chi connectivity index (χ3n) is 2.40. The second-order valence-electron chi connectivity index (χ2n) is 3.52. The predicted molar refractivity (Wildman–Crippen MR) is 81.1 cm³/mol. The lowest BCUT2D eigenvalue weighted by molar-refractivity contribution is 0.874. The Morgan fingerprint density at radius 3 is 2.88 bits per heavy atom. The molecule has 1 aliphatic rings. The molecule has 2 N–H and O–H groups in total. The van der Waals surface area contributed by atoms with Gasteiger partial charge in [0.05, 0.1) is 14.5 Å². The zero-order valence-corrected chi connectivity index (χ0v) is 12.9. The van der Waals surface area contributed by atoms with Crippen LogP contribution in [0.3, 0.4) is 0 Å². The van der Waals surface area contributed by atoms with E-state index in [0.29, 0.717) is 11.1 Å². The number of hydrogen-bond acceptors (Lipinski definition) is 5. The Morgan fingerprint density at radius 2 is 2.25 bits per heavy atom. The van der Waals surface area contributed by atoms with Crippen LogP contribution in [0.4, 0.5) is 5.82 Å². The van der Waals surface area contributed by atoms with Gasteiger partial charge < -0.3 is 5.73 Å². The molecule has 1 saturated heterocycles. The maximum absolute atomic E-state index is 5.93. The highest BCUT2D eigenvalue weighted by molar-refractivity contribution is 14.1. The van der Waals surface area contributed by atoms with Gasteiger partial charge in [0.15, 0.2) is 0 Å². The van der Waals surface area contributed by atoms with Gasteiger partial charge in [0.25, 0.3) is 0 Å². The molecule has 1 fully saturated rings. The van der Waals surface area contributed by atoms with E-state index in [0.717, 1.165) is 27.3 Å². The van der Waals surface area contributed by atoms with E-state index < -0.39 is 0 Å². The number of thioether (sulfide) groups is 2. The van der Waals surface area contributed by atoms with Gasteiger partial charge in [-0.1, -0.05) is 6.92 Å². The lowest BCUT2D eigenvalue weighted by Gasteiger charge is -2.20. The van der Waals surface area contributed by atoms with Crippen LogP contribution in [-0.4, -0.2) is 27.2 Å². The number of aromatic nitrogens is 2. The molecule has 16 heavy (non-hydrogen) atoms. The van der Waals surface area contributed by atoms with Crippen LogP contribution in [-0.2, 0) is 6.42 Å². The summed E-state index contributed by atoms with van der Waals surface area (Å²) in [6.45, 7) is 2.11. The Labute approximate surface area is 118 Å². The molecule has 88 valence electrons. The molecule has 0 amide bonds. The molecule has 0 radical (unpaired) electrons. The Bertz CT molecular complexity index is 381. The number of nitrogens with two attached hydrogens (primary N) is 1. The zero-order valence-electron chi connectivity index (χ0n) is 9.07. The molecule has 1 unspecified atom stereocenters. The van der Waals surface area contributed by atoms with Crippen molar-refractivity contribution in [1.29, 1.82) is 0 Å². The summed E-state index contributed by atoms with van der Waals surface area (Å²) in [5.74, 6) is 5.09. The maximum atomic E-state index is 5.93. The summed E-state index contributed by atoms with van der Waals surface area (Å²) in [6.07, 6.45) is 0.919. The standard InChI is InChI=1S/C10H14IN3S2/c1-2-6-8(11)9(12)14-10(13-6)7-5-15-3-4-16-7/h7H,2-5H2,1H3,(H2,12,13,14). The van der Waals surface area contributed by atoms with Crippen molar-refractivity contribution in [2.45, 2.75) is 18.6 Å². The molecule has 1 aromatic heterocycles. The van der Waals surface area contributed by atoms with Gasteiger partial charge in [0.2, 0.25) is 0 Å². The average molecular weight is 367 g/mol. The number of anilines is 1. The summed E-state index contributed by atoms with van der Waals surface area (Å²) in [5.41, 5.74) is 7.01. The van der Waals surface area contributed by atoms with Crippen LogP contribution < -0.4 is 5.73 Å². The van der Waals surface area contributed by atoms with E-state index in [-0.39, 0.29) is 0 Å². The summed E-state index contributed by atoms with van der Waals surface area (Å²) in [7, 11) is 0. The largest absolute Gasteiger partial charge is 0.383 e. The van der Waals surface area contributed by atoms with Crippen molar-refractivity contribution in [1.82, 2.24) is 9.97 Å². The van der Waals surface area contributed by atoms with Gasteiger partial charge in [-0.2, -0.15) is 11.8 Å². The van der Waals surface area contributed by atoms with Gasteiger partial charge in [0, 0.05) is 17.3 Å². The van der Waals surface area contributed by atoms with Crippen LogP contribution in [0.2, 0.25) is 0 Å². The lowest BCUT2D eigenvalue weighted by atomic mass is 10.3. The third kappa shape index (κ3) is 2.76. The molecular weight excluding hydrogens is 353 g/mol. The number of hydrogen-bond donors (Lipinski definition) is 1. The highest BCUT2D eigenvalue weighted by atomic mass is 127. The SMILES string of the molecule is CCc1nc(C2CSCCS2)nc(N)c1I. The quantitative estimate of drug-likeness (QED) is 0.815. The summed E-state index contributed by atoms with van der Waals surface area (Å²) < 4.78 is 1.01. The first-order valence-electron chi connectivity index (χ1n) is 5.23. The summed E-state index contributed by atoms with van der Waals surface area (Å²) in [4.78, 5) is 9.07. The minimum absolute atomic E-state index is 0.420. The lowest BCUT2D eigenvalue weighted by Crippen LogP contribution is -2.14. The molecule has 1 aromatic rings. The molecule has 1 atom stereocenters. The van der Waals surface area contributed by atoms with Crippen molar-refractivity contribution < 1.29 is 0 Å². The highest BCUT2D eigenvalue weighted by Gasteiger charge is 2.21. The molecular formula is C10H14IN3S2. The second-order valence-corrected chi connectivity index (χ2v) is 7.05. The molecule has 0 spiro atoms. The topological polar surface area (TPSA) is 51.8 Å². The Morgan fingerprint density at radius 1 is 1.44 bits per heavy atom. The molecule has 1 aliphatic heterocycles. The maximum Gasteiger partial charge on any atom is 0.144 e. The fourth-order valence-electron chi connectivity index (χ4n) is 1.55. The monoisotopic (exact) mass is 367 g/mol. The Kier molecular flexibility index (Phi) is 4.60. The molecule has 3 nitrogen and oxygen atoms in total. The van der Waals surface area contributed by atoms with Crippen LogP contribution in [0.25, 0.3) is 0 Å². The van der Waals surface area contributed by atoms with Gasteiger partial charge in [-0.3, -0.25) is 0 Å². The van der Waals surface area contributed by atoms with Gasteiger partial charge in [-0.25, -0.2) is 9.97 Å². The minimum Gasteiger partial charge on any atom is -0.383 e. The first-order chi connectivity index (χ1) is 7.72. The van der Waals surface area contributed by atoms with Crippen molar-refractivity contribution in [3.05, 3.63) is 15.1 Å². The zero-order chi connectivity index (χ0) is 11.5. The Balaban J connectivity index is 2.29. The smallest absolute Gasteiger partial charge is 0.144 e. The molecule has 2 rings (SSSR count). The van der Waals surface area contributed by atoms with Crippen molar-refractivity contribution >= 4 is 51.9 Å². The van der Waals surface area contributed by atoms with E-state index >= 15 is 0 Å². The van der Waals surface area contributed by atoms with Crippen LogP contribution in [0.5, 0.6) is 0 Å². The van der Waals surface area contributed by atoms with Crippen LogP contribution in [0.15, 0.2) is 0 Å². The van der Waals surface area contributed by atoms with E-state index in [1.807, 2.05) is 23.5 Å². The molecule has 0 bridgehead atoms. The number of aryl methyl sites for hydroxylation is 1. The van der Waals surface area contributed by atoms with Gasteiger partial charge in [-0.05, 0) is 29.0 Å². The number of rotatable bonds is 2. The first-order valence-corrected chi connectivity index (χ1v) is 8.51. The van der Waals surface area contributed by atoms with Crippen molar-refractivity contribution in [3.63, 3.8) is 0 Å². The van der Waals surface area contributed by atoms with Crippen molar-refractivity contribution in [2.75, 3.05) is 23.0 Å². The molecule has 6 heteroatoms. The van der Waals surface area contributed by atoms with E-state index in [2.05, 4.69) is 39.5 Å². The Hall–Kier alpha value is 0.310. The van der Waals surface area contributed by atoms with Crippen LogP contribution in [0, 0.1) is 3.57 Å². The normalized spacial score (nSPS) is 21.0. The van der Waals surface area contributed by atoms with E-state index in [9.17, 15) is 0 Å². The molecule has 0 saturated carbocycles. The van der Waals surface area contributed by atoms with E-state index in [4.69, 9.17) is 5.73 Å². The average Bonchev–Trinajstić information content (AvgIpc) is 2.33. The van der Waals surface area contributed by atoms with Crippen molar-refractivity contribution in [3.8, 4) is 0 Å². The summed E-state index contributed by atoms with van der Waals surface area (Å²) in [5, 5.41) is 0.420. The fourth-order valence-corrected chi connectivity index (χ4v) is 4.77.